The van der Waals surface area contributed by atoms with Crippen LogP contribution in [0.4, 0.5) is 10.1 Å². The molecule has 0 N–H and O–H groups in total. The molecule has 2 aromatic heterocycles. The average molecular weight is 507 g/mol. The second-order valence-electron chi connectivity index (χ2n) is 8.85. The lowest BCUT2D eigenvalue weighted by Gasteiger charge is -2.29. The molecule has 1 atom stereocenters. The van der Waals surface area contributed by atoms with Crippen LogP contribution in [0.15, 0.2) is 53.6 Å². The van der Waals surface area contributed by atoms with Crippen molar-refractivity contribution in [2.24, 2.45) is 7.05 Å². The number of aryl methyl sites for hydroxylation is 1. The fourth-order valence-electron chi connectivity index (χ4n) is 4.66. The second-order valence-corrected chi connectivity index (χ2v) is 9.25. The molecule has 0 spiro atoms. The molecule has 0 radical (unpaired) electrons. The number of halogens is 2. The van der Waals surface area contributed by atoms with E-state index in [1.807, 2.05) is 18.2 Å². The van der Waals surface area contributed by atoms with Crippen LogP contribution in [-0.2, 0) is 16.6 Å². The molecule has 0 bridgehead atoms. The first-order chi connectivity index (χ1) is 17.4. The third-order valence-electron chi connectivity index (χ3n) is 6.57. The molecular formula is C27H24ClFN4O3. The zero-order chi connectivity index (χ0) is 25.4. The molecule has 9 heteroatoms. The van der Waals surface area contributed by atoms with Crippen LogP contribution in [0.5, 0.6) is 0 Å². The number of rotatable bonds is 5. The largest absolute Gasteiger partial charge is 0.378 e. The summed E-state index contributed by atoms with van der Waals surface area (Å²) in [7, 11) is 1.59. The minimum Gasteiger partial charge on any atom is -0.378 e. The number of hydrogen-bond acceptors (Lipinski definition) is 6. The number of pyridine rings is 1. The van der Waals surface area contributed by atoms with Crippen molar-refractivity contribution in [1.82, 2.24) is 14.5 Å². The van der Waals surface area contributed by atoms with E-state index in [1.54, 1.807) is 26.1 Å². The van der Waals surface area contributed by atoms with Gasteiger partial charge in [-0.3, -0.25) is 4.79 Å². The standard InChI is InChI=1S/C27H24ClFN4O3/c1-16-9-25(32(2)26(35)10-16)21(14-34)19-12-20(23(29)13-22(19)28)27-18-4-3-17(11-24(18)30-15-31-27)33-5-7-36-8-6-33/h3-4,9-15,21H,5-8H2,1-2H3. The van der Waals surface area contributed by atoms with Gasteiger partial charge in [-0.2, -0.15) is 0 Å². The quantitative estimate of drug-likeness (QED) is 0.376. The second kappa shape index (κ2) is 9.79. The Kier molecular flexibility index (Phi) is 6.55. The van der Waals surface area contributed by atoms with Crippen LogP contribution in [0, 0.1) is 12.7 Å². The highest BCUT2D eigenvalue weighted by atomic mass is 35.5. The Morgan fingerprint density at radius 2 is 1.89 bits per heavy atom. The number of carbonyl (C=O) groups excluding carboxylic acids is 1. The van der Waals surface area contributed by atoms with E-state index >= 15 is 4.39 Å². The molecule has 36 heavy (non-hydrogen) atoms. The first kappa shape index (κ1) is 24.1. The summed E-state index contributed by atoms with van der Waals surface area (Å²) in [5, 5.41) is 0.766. The number of carbonyl (C=O) groups is 1. The fraction of sp³-hybridized carbons (Fsp3) is 0.259. The Morgan fingerprint density at radius 1 is 1.11 bits per heavy atom. The molecule has 5 rings (SSSR count). The maximum atomic E-state index is 15.3. The lowest BCUT2D eigenvalue weighted by atomic mass is 9.92. The zero-order valence-electron chi connectivity index (χ0n) is 19.9. The lowest BCUT2D eigenvalue weighted by Crippen LogP contribution is -2.36. The molecule has 7 nitrogen and oxygen atoms in total. The predicted molar refractivity (Wildman–Crippen MR) is 137 cm³/mol. The topological polar surface area (TPSA) is 77.3 Å². The number of aromatic nitrogens is 3. The van der Waals surface area contributed by atoms with Gasteiger partial charge in [-0.05, 0) is 54.4 Å². The highest BCUT2D eigenvalue weighted by molar-refractivity contribution is 6.31. The first-order valence-electron chi connectivity index (χ1n) is 11.6. The van der Waals surface area contributed by atoms with Gasteiger partial charge in [-0.25, -0.2) is 14.4 Å². The molecule has 1 aliphatic rings. The van der Waals surface area contributed by atoms with Gasteiger partial charge in [-0.1, -0.05) is 11.6 Å². The predicted octanol–water partition coefficient (Wildman–Crippen LogP) is 4.26. The van der Waals surface area contributed by atoms with Crippen molar-refractivity contribution in [3.05, 3.63) is 86.8 Å². The van der Waals surface area contributed by atoms with E-state index in [2.05, 4.69) is 14.9 Å². The van der Waals surface area contributed by atoms with E-state index in [9.17, 15) is 9.59 Å². The van der Waals surface area contributed by atoms with Crippen LogP contribution in [0.2, 0.25) is 5.02 Å². The van der Waals surface area contributed by atoms with Crippen molar-refractivity contribution in [1.29, 1.82) is 0 Å². The van der Waals surface area contributed by atoms with Crippen molar-refractivity contribution in [2.45, 2.75) is 12.8 Å². The van der Waals surface area contributed by atoms with Crippen molar-refractivity contribution < 1.29 is 13.9 Å². The van der Waals surface area contributed by atoms with E-state index in [0.29, 0.717) is 47.4 Å². The number of aldehydes is 1. The van der Waals surface area contributed by atoms with E-state index in [0.717, 1.165) is 24.3 Å². The molecule has 4 aromatic rings. The van der Waals surface area contributed by atoms with Crippen LogP contribution in [0.1, 0.15) is 22.7 Å². The number of nitrogens with zero attached hydrogens (tertiary/aromatic N) is 4. The van der Waals surface area contributed by atoms with E-state index in [1.165, 1.54) is 23.0 Å². The van der Waals surface area contributed by atoms with Gasteiger partial charge in [0.25, 0.3) is 5.56 Å². The smallest absolute Gasteiger partial charge is 0.250 e. The number of morpholine rings is 1. The van der Waals surface area contributed by atoms with Crippen molar-refractivity contribution in [3.63, 3.8) is 0 Å². The third-order valence-corrected chi connectivity index (χ3v) is 6.90. The number of ether oxygens (including phenoxy) is 1. The molecule has 0 aliphatic carbocycles. The molecule has 1 unspecified atom stereocenters. The summed E-state index contributed by atoms with van der Waals surface area (Å²) in [6.07, 6.45) is 2.11. The summed E-state index contributed by atoms with van der Waals surface area (Å²) >= 11 is 6.43. The maximum absolute atomic E-state index is 15.3. The van der Waals surface area contributed by atoms with Gasteiger partial charge in [0.2, 0.25) is 0 Å². The molecule has 2 aromatic carbocycles. The number of fused-ring (bicyclic) bond motifs is 1. The van der Waals surface area contributed by atoms with Crippen LogP contribution in [0.25, 0.3) is 22.2 Å². The molecular weight excluding hydrogens is 483 g/mol. The summed E-state index contributed by atoms with van der Waals surface area (Å²) in [6.45, 7) is 4.68. The van der Waals surface area contributed by atoms with E-state index < -0.39 is 11.7 Å². The first-order valence-corrected chi connectivity index (χ1v) is 11.9. The molecule has 184 valence electrons. The van der Waals surface area contributed by atoms with Gasteiger partial charge >= 0.3 is 0 Å². The van der Waals surface area contributed by atoms with Crippen LogP contribution in [0.3, 0.4) is 0 Å². The number of anilines is 1. The number of benzene rings is 2. The van der Waals surface area contributed by atoms with E-state index in [-0.39, 0.29) is 16.1 Å². The van der Waals surface area contributed by atoms with Crippen molar-refractivity contribution >= 4 is 34.5 Å². The molecule has 1 fully saturated rings. The summed E-state index contributed by atoms with van der Waals surface area (Å²) in [5.41, 5.74) is 3.61. The zero-order valence-corrected chi connectivity index (χ0v) is 20.6. The Morgan fingerprint density at radius 3 is 2.64 bits per heavy atom. The minimum absolute atomic E-state index is 0.0928. The van der Waals surface area contributed by atoms with Crippen LogP contribution >= 0.6 is 11.6 Å². The van der Waals surface area contributed by atoms with Crippen molar-refractivity contribution in [2.75, 3.05) is 31.2 Å². The Balaban J connectivity index is 1.63. The lowest BCUT2D eigenvalue weighted by molar-refractivity contribution is -0.108. The van der Waals surface area contributed by atoms with Gasteiger partial charge < -0.3 is 19.0 Å². The maximum Gasteiger partial charge on any atom is 0.250 e. The molecule has 0 amide bonds. The SMILES string of the molecule is Cc1cc(C(C=O)c2cc(-c3ncnc4cc(N5CCOCC5)ccc34)c(F)cc2Cl)n(C)c(=O)c1. The molecule has 0 saturated carbocycles. The van der Waals surface area contributed by atoms with Gasteiger partial charge in [0.15, 0.2) is 0 Å². The highest BCUT2D eigenvalue weighted by Crippen LogP contribution is 2.36. The molecule has 1 saturated heterocycles. The van der Waals surface area contributed by atoms with Gasteiger partial charge in [0.1, 0.15) is 18.4 Å². The van der Waals surface area contributed by atoms with Gasteiger partial charge in [-0.15, -0.1) is 0 Å². The Bertz CT molecular complexity index is 1530. The van der Waals surface area contributed by atoms with Crippen LogP contribution in [-0.4, -0.2) is 47.1 Å². The monoisotopic (exact) mass is 506 g/mol. The van der Waals surface area contributed by atoms with Gasteiger partial charge in [0, 0.05) is 53.6 Å². The average Bonchev–Trinajstić information content (AvgIpc) is 2.88. The normalized spacial score (nSPS) is 14.7. The molecule has 1 aliphatic heterocycles. The highest BCUT2D eigenvalue weighted by Gasteiger charge is 2.24. The van der Waals surface area contributed by atoms with Crippen LogP contribution < -0.4 is 10.5 Å². The Labute approximate surface area is 212 Å². The number of hydrogen-bond donors (Lipinski definition) is 0. The van der Waals surface area contributed by atoms with Crippen molar-refractivity contribution in [3.8, 4) is 11.3 Å². The summed E-state index contributed by atoms with van der Waals surface area (Å²) in [6, 6.07) is 11.8. The summed E-state index contributed by atoms with van der Waals surface area (Å²) in [4.78, 5) is 35.6. The fourth-order valence-corrected chi connectivity index (χ4v) is 4.92. The summed E-state index contributed by atoms with van der Waals surface area (Å²) in [5.74, 6) is -1.43. The summed E-state index contributed by atoms with van der Waals surface area (Å²) < 4.78 is 22.1. The molecule has 3 heterocycles. The van der Waals surface area contributed by atoms with Gasteiger partial charge in [0.05, 0.1) is 30.3 Å². The van der Waals surface area contributed by atoms with E-state index in [4.69, 9.17) is 16.3 Å². The Hall–Kier alpha value is -3.62. The third kappa shape index (κ3) is 4.38. The minimum atomic E-state index is -0.865.